The van der Waals surface area contributed by atoms with Crippen molar-refractivity contribution in [2.75, 3.05) is 26.2 Å². The Morgan fingerprint density at radius 3 is 2.46 bits per heavy atom. The molecule has 0 saturated carbocycles. The van der Waals surface area contributed by atoms with Gasteiger partial charge in [0.15, 0.2) is 0 Å². The highest BCUT2D eigenvalue weighted by Gasteiger charge is 2.35. The van der Waals surface area contributed by atoms with Gasteiger partial charge in [-0.05, 0) is 49.9 Å². The molecule has 2 fully saturated rings. The van der Waals surface area contributed by atoms with Crippen LogP contribution in [0.5, 0.6) is 0 Å². The summed E-state index contributed by atoms with van der Waals surface area (Å²) in [5.74, 6) is 0.772. The number of pyridine rings is 1. The van der Waals surface area contributed by atoms with Crippen LogP contribution in [0.15, 0.2) is 23.4 Å². The van der Waals surface area contributed by atoms with E-state index < -0.39 is 5.51 Å². The summed E-state index contributed by atoms with van der Waals surface area (Å²) in [5.41, 5.74) is -4.41. The number of likely N-dealkylation sites (tertiary alicyclic amines) is 1. The van der Waals surface area contributed by atoms with Gasteiger partial charge in [-0.2, -0.15) is 13.2 Å². The zero-order valence-corrected chi connectivity index (χ0v) is 14.5. The van der Waals surface area contributed by atoms with E-state index in [1.54, 1.807) is 4.90 Å². The van der Waals surface area contributed by atoms with Crippen molar-refractivity contribution in [1.29, 1.82) is 0 Å². The molecule has 0 spiro atoms. The van der Waals surface area contributed by atoms with Crippen LogP contribution in [0.1, 0.15) is 23.2 Å². The summed E-state index contributed by atoms with van der Waals surface area (Å²) in [6.07, 6.45) is 3.07. The van der Waals surface area contributed by atoms with E-state index in [9.17, 15) is 18.0 Å². The number of amides is 1. The van der Waals surface area contributed by atoms with Crippen LogP contribution in [0.4, 0.5) is 13.2 Å². The molecule has 2 saturated heterocycles. The Bertz CT molecular complexity index is 573. The van der Waals surface area contributed by atoms with Crippen molar-refractivity contribution in [1.82, 2.24) is 15.2 Å². The van der Waals surface area contributed by atoms with E-state index >= 15 is 0 Å². The maximum atomic E-state index is 12.7. The fourth-order valence-corrected chi connectivity index (χ4v) is 3.93. The van der Waals surface area contributed by atoms with E-state index in [4.69, 9.17) is 0 Å². The molecule has 1 aromatic rings. The number of hydrogen-bond donors (Lipinski definition) is 1. The Morgan fingerprint density at radius 2 is 1.88 bits per heavy atom. The molecule has 3 rings (SSSR count). The van der Waals surface area contributed by atoms with Crippen LogP contribution in [0.25, 0.3) is 0 Å². The third-order valence-electron chi connectivity index (χ3n) is 4.52. The Kier molecular flexibility index (Phi) is 6.39. The normalized spacial score (nSPS) is 24.0. The molecule has 0 radical (unpaired) electrons. The summed E-state index contributed by atoms with van der Waals surface area (Å²) >= 11 is -0.327. The van der Waals surface area contributed by atoms with Crippen molar-refractivity contribution in [3.8, 4) is 0 Å². The van der Waals surface area contributed by atoms with Crippen molar-refractivity contribution in [2.45, 2.75) is 23.4 Å². The maximum Gasteiger partial charge on any atom is 0.447 e. The van der Waals surface area contributed by atoms with Crippen LogP contribution in [0.2, 0.25) is 0 Å². The average molecular weight is 382 g/mol. The van der Waals surface area contributed by atoms with Crippen LogP contribution in [0, 0.1) is 11.8 Å². The first-order valence-electron chi connectivity index (χ1n) is 7.65. The van der Waals surface area contributed by atoms with Gasteiger partial charge in [-0.1, -0.05) is 0 Å². The molecule has 4 nitrogen and oxygen atoms in total. The predicted molar refractivity (Wildman–Crippen MR) is 88.4 cm³/mol. The van der Waals surface area contributed by atoms with Gasteiger partial charge in [-0.15, -0.1) is 12.4 Å². The fraction of sp³-hybridized carbons (Fsp3) is 0.600. The fourth-order valence-electron chi connectivity index (χ4n) is 3.34. The van der Waals surface area contributed by atoms with Gasteiger partial charge in [0.05, 0.1) is 5.56 Å². The molecule has 0 bridgehead atoms. The van der Waals surface area contributed by atoms with E-state index in [2.05, 4.69) is 10.3 Å². The highest BCUT2D eigenvalue weighted by molar-refractivity contribution is 8.00. The molecule has 1 N–H and O–H groups in total. The largest absolute Gasteiger partial charge is 0.447 e. The lowest BCUT2D eigenvalue weighted by Crippen LogP contribution is -2.33. The van der Waals surface area contributed by atoms with E-state index in [-0.39, 0.29) is 40.7 Å². The molecule has 1 amide bonds. The number of nitrogens with one attached hydrogen (secondary N) is 1. The monoisotopic (exact) mass is 381 g/mol. The first-order chi connectivity index (χ1) is 10.9. The molecule has 9 heteroatoms. The molecule has 0 aliphatic carbocycles. The molecule has 0 unspecified atom stereocenters. The highest BCUT2D eigenvalue weighted by Crippen LogP contribution is 2.37. The van der Waals surface area contributed by atoms with E-state index in [0.29, 0.717) is 24.9 Å². The second-order valence-electron chi connectivity index (χ2n) is 5.95. The van der Waals surface area contributed by atoms with E-state index in [0.717, 1.165) is 25.9 Å². The molecular weight excluding hydrogens is 363 g/mol. The maximum absolute atomic E-state index is 12.7. The summed E-state index contributed by atoms with van der Waals surface area (Å²) < 4.78 is 37.9. The lowest BCUT2D eigenvalue weighted by Gasteiger charge is -2.22. The number of carbonyl (C=O) groups excluding carboxylic acids is 1. The van der Waals surface area contributed by atoms with Gasteiger partial charge in [0.1, 0.15) is 5.03 Å². The van der Waals surface area contributed by atoms with Crippen LogP contribution < -0.4 is 5.32 Å². The zero-order valence-electron chi connectivity index (χ0n) is 12.9. The quantitative estimate of drug-likeness (QED) is 0.799. The predicted octanol–water partition coefficient (Wildman–Crippen LogP) is 3.19. The number of fused-ring (bicyclic) bond motifs is 1. The van der Waals surface area contributed by atoms with Gasteiger partial charge in [0, 0.05) is 31.0 Å². The molecule has 2 aliphatic rings. The topological polar surface area (TPSA) is 45.2 Å². The van der Waals surface area contributed by atoms with Gasteiger partial charge in [0.25, 0.3) is 5.91 Å². The molecule has 134 valence electrons. The van der Waals surface area contributed by atoms with Gasteiger partial charge in [-0.3, -0.25) is 4.79 Å². The van der Waals surface area contributed by atoms with Crippen LogP contribution in [-0.2, 0) is 0 Å². The summed E-state index contributed by atoms with van der Waals surface area (Å²) in [4.78, 5) is 18.1. The number of hydrogen-bond acceptors (Lipinski definition) is 4. The van der Waals surface area contributed by atoms with Crippen LogP contribution in [0.3, 0.4) is 0 Å². The molecule has 0 aromatic carbocycles. The Hall–Kier alpha value is -0.990. The minimum absolute atomic E-state index is 0. The summed E-state index contributed by atoms with van der Waals surface area (Å²) in [5, 5.41) is 3.09. The molecule has 2 aliphatic heterocycles. The number of rotatable bonds is 2. The second kappa shape index (κ2) is 7.93. The molecular formula is C15H19ClF3N3OS. The standard InChI is InChI=1S/C15H18F3N3OS.ClH/c16-15(17,18)23-13-12(2-1-5-20-13)14(22)21-6-3-10-8-19-9-11(10)4-7-21;/h1-2,5,10-11,19H,3-4,6-9H2;1H/t10-,11+;. The SMILES string of the molecule is Cl.O=C(c1cccnc1SC(F)(F)F)N1CC[C@@H]2CNC[C@@H]2CC1. The van der Waals surface area contributed by atoms with Gasteiger partial charge in [0.2, 0.25) is 0 Å². The molecule has 24 heavy (non-hydrogen) atoms. The Labute approximate surface area is 149 Å². The smallest absolute Gasteiger partial charge is 0.339 e. The number of aromatic nitrogens is 1. The number of thioether (sulfide) groups is 1. The molecule has 3 heterocycles. The Morgan fingerprint density at radius 1 is 1.25 bits per heavy atom. The van der Waals surface area contributed by atoms with E-state index in [1.165, 1.54) is 18.3 Å². The van der Waals surface area contributed by atoms with Crippen LogP contribution in [-0.4, -0.2) is 47.5 Å². The van der Waals surface area contributed by atoms with Gasteiger partial charge < -0.3 is 10.2 Å². The second-order valence-corrected chi connectivity index (χ2v) is 7.01. The zero-order chi connectivity index (χ0) is 16.4. The summed E-state index contributed by atoms with van der Waals surface area (Å²) in [7, 11) is 0. The summed E-state index contributed by atoms with van der Waals surface area (Å²) in [6, 6.07) is 2.93. The van der Waals surface area contributed by atoms with Gasteiger partial charge in [-0.25, -0.2) is 4.98 Å². The Balaban J connectivity index is 0.00000208. The summed E-state index contributed by atoms with van der Waals surface area (Å²) in [6.45, 7) is 3.11. The minimum Gasteiger partial charge on any atom is -0.339 e. The van der Waals surface area contributed by atoms with Crippen molar-refractivity contribution in [3.63, 3.8) is 0 Å². The van der Waals surface area contributed by atoms with E-state index in [1.807, 2.05) is 0 Å². The number of carbonyl (C=O) groups is 1. The van der Waals surface area contributed by atoms with Crippen molar-refractivity contribution in [2.24, 2.45) is 11.8 Å². The lowest BCUT2D eigenvalue weighted by molar-refractivity contribution is -0.0329. The van der Waals surface area contributed by atoms with Gasteiger partial charge >= 0.3 is 5.51 Å². The molecule has 1 aromatic heterocycles. The van der Waals surface area contributed by atoms with Crippen LogP contribution >= 0.6 is 24.2 Å². The average Bonchev–Trinajstić information content (AvgIpc) is 2.84. The third-order valence-corrected chi connectivity index (χ3v) is 5.27. The number of nitrogens with zero attached hydrogens (tertiary/aromatic N) is 2. The van der Waals surface area contributed by atoms with Crippen molar-refractivity contribution < 1.29 is 18.0 Å². The molecule has 2 atom stereocenters. The third kappa shape index (κ3) is 4.55. The first kappa shape index (κ1) is 19.3. The van der Waals surface area contributed by atoms with Crippen molar-refractivity contribution >= 4 is 30.1 Å². The number of alkyl halides is 3. The first-order valence-corrected chi connectivity index (χ1v) is 8.46. The highest BCUT2D eigenvalue weighted by atomic mass is 35.5. The lowest BCUT2D eigenvalue weighted by atomic mass is 9.92. The van der Waals surface area contributed by atoms with Crippen molar-refractivity contribution in [3.05, 3.63) is 23.9 Å². The number of halogens is 4. The minimum atomic E-state index is -4.45.